The number of hydrogen-bond donors (Lipinski definition) is 9. The molecule has 4 aromatic rings. The van der Waals surface area contributed by atoms with E-state index < -0.39 is 86.2 Å². The van der Waals surface area contributed by atoms with Gasteiger partial charge in [-0.3, -0.25) is 9.89 Å². The summed E-state index contributed by atoms with van der Waals surface area (Å²) < 4.78 is 23.1. The van der Waals surface area contributed by atoms with E-state index >= 15 is 0 Å². The summed E-state index contributed by atoms with van der Waals surface area (Å²) in [5, 5.41) is 94.1. The molecule has 0 bridgehead atoms. The number of aromatic nitrogens is 2. The first-order valence-electron chi connectivity index (χ1n) is 17.3. The molecule has 2 aliphatic heterocycles. The number of phenols is 1. The molecule has 10 unspecified atom stereocenters. The van der Waals surface area contributed by atoms with E-state index in [1.807, 2.05) is 26.0 Å². The van der Waals surface area contributed by atoms with E-state index in [2.05, 4.69) is 15.3 Å². The number of aromatic amines is 1. The molecule has 2 saturated heterocycles. The lowest BCUT2D eigenvalue weighted by atomic mass is 9.97. The topological polar surface area (TPSA) is 278 Å². The minimum Gasteiger partial charge on any atom is -0.505 e. The second-order valence-corrected chi connectivity index (χ2v) is 13.4. The van der Waals surface area contributed by atoms with Gasteiger partial charge in [-0.1, -0.05) is 30.3 Å². The van der Waals surface area contributed by atoms with Gasteiger partial charge in [-0.2, -0.15) is 0 Å². The first-order chi connectivity index (χ1) is 26.2. The number of aliphatic hydroxyl groups excluding tert-OH is 7. The lowest BCUT2D eigenvalue weighted by molar-refractivity contribution is -0.354. The summed E-state index contributed by atoms with van der Waals surface area (Å²) in [5.41, 5.74) is 3.35. The van der Waals surface area contributed by atoms with Gasteiger partial charge in [-0.15, -0.1) is 10.2 Å². The fourth-order valence-corrected chi connectivity index (χ4v) is 6.29. The summed E-state index contributed by atoms with van der Waals surface area (Å²) in [5.74, 6) is -1.31. The zero-order valence-electron chi connectivity index (χ0n) is 29.8. The number of aromatic hydroxyl groups is 1. The van der Waals surface area contributed by atoms with Crippen molar-refractivity contribution in [3.05, 3.63) is 93.4 Å². The number of esters is 1. The lowest BCUT2D eigenvalue weighted by Gasteiger charge is -2.45. The van der Waals surface area contributed by atoms with Crippen LogP contribution in [0.1, 0.15) is 27.2 Å². The largest absolute Gasteiger partial charge is 0.505 e. The second-order valence-electron chi connectivity index (χ2n) is 13.4. The fraction of sp³-hybridized carbons (Fsp3) is 0.405. The Morgan fingerprint density at radius 3 is 2.20 bits per heavy atom. The Hall–Kier alpha value is -4.86. The summed E-state index contributed by atoms with van der Waals surface area (Å²) >= 11 is 0. The molecule has 55 heavy (non-hydrogen) atoms. The van der Waals surface area contributed by atoms with Crippen molar-refractivity contribution in [2.24, 2.45) is 10.2 Å². The van der Waals surface area contributed by atoms with Crippen LogP contribution in [0, 0.1) is 20.8 Å². The van der Waals surface area contributed by atoms with Gasteiger partial charge in [0.1, 0.15) is 54.5 Å². The molecule has 0 aliphatic carbocycles. The quantitative estimate of drug-likeness (QED) is 0.0793. The number of carbonyl (C=O) groups is 1. The van der Waals surface area contributed by atoms with Crippen molar-refractivity contribution >= 4 is 17.3 Å². The molecule has 6 rings (SSSR count). The van der Waals surface area contributed by atoms with E-state index in [1.54, 1.807) is 31.2 Å². The molecule has 9 N–H and O–H groups in total. The number of aryl methyl sites for hydroxylation is 3. The second kappa shape index (κ2) is 16.5. The van der Waals surface area contributed by atoms with E-state index in [0.29, 0.717) is 16.9 Å². The number of hydrogen-bond acceptors (Lipinski definition) is 16. The summed E-state index contributed by atoms with van der Waals surface area (Å²) in [4.78, 5) is 26.5. The average Bonchev–Trinajstić information content (AvgIpc) is 3.46. The summed E-state index contributed by atoms with van der Waals surface area (Å²) in [6.07, 6.45) is -17.1. The van der Waals surface area contributed by atoms with Crippen LogP contribution in [0.4, 0.5) is 11.4 Å². The molecule has 2 aliphatic rings. The van der Waals surface area contributed by atoms with Crippen LogP contribution in [0.5, 0.6) is 5.75 Å². The molecule has 3 aromatic carbocycles. The molecule has 294 valence electrons. The highest BCUT2D eigenvalue weighted by Crippen LogP contribution is 2.38. The molecular weight excluding hydrogens is 724 g/mol. The van der Waals surface area contributed by atoms with E-state index in [-0.39, 0.29) is 28.3 Å². The zero-order valence-corrected chi connectivity index (χ0v) is 29.8. The molecule has 1 aromatic heterocycles. The molecule has 0 spiro atoms. The van der Waals surface area contributed by atoms with Gasteiger partial charge in [0.2, 0.25) is 6.29 Å². The number of rotatable bonds is 10. The Kier molecular flexibility index (Phi) is 11.9. The highest BCUT2D eigenvalue weighted by atomic mass is 16.7. The summed E-state index contributed by atoms with van der Waals surface area (Å²) in [6, 6.07) is 16.1. The number of H-pyrrole nitrogens is 1. The number of benzene rings is 3. The Bertz CT molecular complexity index is 2100. The minimum absolute atomic E-state index is 0.0338. The number of nitrogens with zero attached hydrogens (tertiary/aromatic N) is 3. The Morgan fingerprint density at radius 1 is 0.800 bits per heavy atom. The van der Waals surface area contributed by atoms with Crippen molar-refractivity contribution in [1.82, 2.24) is 9.78 Å². The van der Waals surface area contributed by atoms with Gasteiger partial charge in [-0.25, -0.2) is 9.48 Å². The number of carbonyl (C=O) groups excluding carboxylic acids is 1. The average molecular weight is 767 g/mol. The van der Waals surface area contributed by atoms with E-state index in [0.717, 1.165) is 11.1 Å². The molecule has 18 heteroatoms. The highest BCUT2D eigenvalue weighted by Gasteiger charge is 2.51. The van der Waals surface area contributed by atoms with Gasteiger partial charge < -0.3 is 59.8 Å². The number of ether oxygens (including phenoxy) is 4. The van der Waals surface area contributed by atoms with E-state index in [9.17, 15) is 50.4 Å². The van der Waals surface area contributed by atoms with Crippen molar-refractivity contribution in [1.29, 1.82) is 0 Å². The predicted octanol–water partition coefficient (Wildman–Crippen LogP) is 0.660. The standard InChI is InChI=1S/C37H42N4O14/c1-16-10-11-21(12-17(16)2)41-34(50)26(18(3)40-41)39-38-23-9-5-8-22(27(23)44)19-6-4-7-20(13-19)35(51)55-37-32(49)30(47)33(25(15-43)53-37)54-36-31(48)29(46)28(45)24(14-42)52-36/h4-13,24-25,28-33,36-37,40,42-49H,14-15H2,1-3H3. The number of phenolic OH excluding ortho intramolecular Hbond substituents is 1. The molecule has 10 atom stereocenters. The monoisotopic (exact) mass is 766 g/mol. The SMILES string of the molecule is Cc1ccc(-n2[nH]c(C)c(N=Nc3cccc(-c4cccc(C(=O)OC5OC(CO)C(OC6OC(CO)C(O)C(O)C6O)C(O)C5O)c4)c3O)c2=O)cc1C. The number of nitrogens with one attached hydrogen (secondary N) is 1. The number of aliphatic hydroxyl groups is 7. The smallest absolute Gasteiger partial charge is 0.340 e. The van der Waals surface area contributed by atoms with Gasteiger partial charge >= 0.3 is 5.97 Å². The van der Waals surface area contributed by atoms with Gasteiger partial charge in [0.15, 0.2) is 17.7 Å². The van der Waals surface area contributed by atoms with Gasteiger partial charge in [-0.05, 0) is 67.8 Å². The Morgan fingerprint density at radius 2 is 1.49 bits per heavy atom. The molecule has 3 heterocycles. The van der Waals surface area contributed by atoms with Crippen LogP contribution in [0.3, 0.4) is 0 Å². The lowest BCUT2D eigenvalue weighted by Crippen LogP contribution is -2.64. The van der Waals surface area contributed by atoms with Gasteiger partial charge in [0.25, 0.3) is 5.56 Å². The predicted molar refractivity (Wildman–Crippen MR) is 190 cm³/mol. The third-order valence-corrected chi connectivity index (χ3v) is 9.65. The van der Waals surface area contributed by atoms with Crippen molar-refractivity contribution in [3.63, 3.8) is 0 Å². The van der Waals surface area contributed by atoms with Crippen LogP contribution in [0.2, 0.25) is 0 Å². The Balaban J connectivity index is 1.16. The van der Waals surface area contributed by atoms with Gasteiger partial charge in [0, 0.05) is 5.56 Å². The van der Waals surface area contributed by atoms with Crippen molar-refractivity contribution in [3.8, 4) is 22.6 Å². The third kappa shape index (κ3) is 7.96. The molecule has 0 saturated carbocycles. The first-order valence-corrected chi connectivity index (χ1v) is 17.3. The molecule has 2 fully saturated rings. The number of azo groups is 1. The number of para-hydroxylation sites is 1. The summed E-state index contributed by atoms with van der Waals surface area (Å²) in [7, 11) is 0. The van der Waals surface area contributed by atoms with E-state index in [1.165, 1.54) is 28.9 Å². The van der Waals surface area contributed by atoms with Crippen LogP contribution in [0.25, 0.3) is 16.8 Å². The Labute approximate surface area is 313 Å². The maximum absolute atomic E-state index is 13.3. The zero-order chi connectivity index (χ0) is 39.7. The molecular formula is C37H42N4O14. The minimum atomic E-state index is -1.94. The molecule has 18 nitrogen and oxygen atoms in total. The van der Waals surface area contributed by atoms with Gasteiger partial charge in [0.05, 0.1) is 30.2 Å². The fourth-order valence-electron chi connectivity index (χ4n) is 6.29. The van der Waals surface area contributed by atoms with Crippen LogP contribution < -0.4 is 5.56 Å². The van der Waals surface area contributed by atoms with Crippen LogP contribution in [0.15, 0.2) is 75.7 Å². The van der Waals surface area contributed by atoms with Crippen LogP contribution in [-0.2, 0) is 18.9 Å². The maximum atomic E-state index is 13.3. The summed E-state index contributed by atoms with van der Waals surface area (Å²) in [6.45, 7) is 4.01. The molecule has 0 amide bonds. The van der Waals surface area contributed by atoms with Crippen molar-refractivity contribution in [2.45, 2.75) is 82.2 Å². The van der Waals surface area contributed by atoms with Crippen LogP contribution >= 0.6 is 0 Å². The third-order valence-electron chi connectivity index (χ3n) is 9.65. The van der Waals surface area contributed by atoms with Crippen molar-refractivity contribution in [2.75, 3.05) is 13.2 Å². The van der Waals surface area contributed by atoms with Crippen LogP contribution in [-0.4, -0.2) is 131 Å². The maximum Gasteiger partial charge on any atom is 0.340 e. The van der Waals surface area contributed by atoms with Crippen molar-refractivity contribution < 1.29 is 64.6 Å². The van der Waals surface area contributed by atoms with E-state index in [4.69, 9.17) is 18.9 Å². The normalized spacial score (nSPS) is 28.4. The first kappa shape index (κ1) is 39.8. The highest BCUT2D eigenvalue weighted by molar-refractivity contribution is 5.92. The molecule has 0 radical (unpaired) electrons.